The third-order valence-corrected chi connectivity index (χ3v) is 4.05. The van der Waals surface area contributed by atoms with Crippen LogP contribution in [0, 0.1) is 0 Å². The quantitative estimate of drug-likeness (QED) is 0.647. The van der Waals surface area contributed by atoms with Gasteiger partial charge in [0, 0.05) is 30.0 Å². The van der Waals surface area contributed by atoms with Gasteiger partial charge >= 0.3 is 6.09 Å². The Kier molecular flexibility index (Phi) is 5.39. The Bertz CT molecular complexity index is 916. The minimum absolute atomic E-state index is 0.434. The summed E-state index contributed by atoms with van der Waals surface area (Å²) in [5.41, 5.74) is 2.37. The number of anilines is 1. The van der Waals surface area contributed by atoms with Crippen LogP contribution in [0.4, 0.5) is 10.5 Å². The number of ether oxygens (including phenoxy) is 2. The lowest BCUT2D eigenvalue weighted by atomic mass is 10.1. The molecule has 1 aromatic heterocycles. The second kappa shape index (κ2) is 7.89. The monoisotopic (exact) mass is 368 g/mol. The van der Waals surface area contributed by atoms with Crippen molar-refractivity contribution in [1.29, 1.82) is 0 Å². The summed E-state index contributed by atoms with van der Waals surface area (Å²) < 4.78 is 10.8. The number of carbonyl (C=O) groups is 1. The molecule has 1 amide bonds. The van der Waals surface area contributed by atoms with Crippen LogP contribution in [-0.2, 0) is 0 Å². The Morgan fingerprint density at radius 3 is 2.62 bits per heavy atom. The number of hydrogen-bond donors (Lipinski definition) is 0. The van der Waals surface area contributed by atoms with Gasteiger partial charge in [-0.05, 0) is 42.0 Å². The number of pyridine rings is 1. The number of hydrogen-bond acceptors (Lipinski definition) is 4. The summed E-state index contributed by atoms with van der Waals surface area (Å²) in [5.74, 6) is 0.960. The van der Waals surface area contributed by atoms with Gasteiger partial charge in [-0.2, -0.15) is 0 Å². The number of aromatic nitrogens is 1. The highest BCUT2D eigenvalue weighted by Gasteiger charge is 2.18. The zero-order valence-electron chi connectivity index (χ0n) is 14.3. The summed E-state index contributed by atoms with van der Waals surface area (Å²) in [4.78, 5) is 18.0. The van der Waals surface area contributed by atoms with E-state index in [1.165, 1.54) is 12.0 Å². The van der Waals surface area contributed by atoms with Crippen molar-refractivity contribution in [2.75, 3.05) is 19.1 Å². The minimum atomic E-state index is -0.547. The highest BCUT2D eigenvalue weighted by molar-refractivity contribution is 6.31. The van der Waals surface area contributed by atoms with E-state index in [1.54, 1.807) is 49.8 Å². The van der Waals surface area contributed by atoms with E-state index >= 15 is 0 Å². The van der Waals surface area contributed by atoms with Gasteiger partial charge < -0.3 is 9.47 Å². The smallest absolute Gasteiger partial charge is 0.419 e. The molecule has 0 saturated carbocycles. The van der Waals surface area contributed by atoms with E-state index in [4.69, 9.17) is 21.1 Å². The fourth-order valence-electron chi connectivity index (χ4n) is 2.47. The molecule has 0 radical (unpaired) electrons. The van der Waals surface area contributed by atoms with Gasteiger partial charge in [0.05, 0.1) is 12.8 Å². The van der Waals surface area contributed by atoms with Crippen LogP contribution in [0.5, 0.6) is 11.5 Å². The summed E-state index contributed by atoms with van der Waals surface area (Å²) in [6.07, 6.45) is 2.92. The van der Waals surface area contributed by atoms with Crippen LogP contribution < -0.4 is 14.4 Å². The van der Waals surface area contributed by atoms with Crippen molar-refractivity contribution < 1.29 is 14.3 Å². The molecule has 132 valence electrons. The second-order valence-corrected chi connectivity index (χ2v) is 5.95. The first kappa shape index (κ1) is 17.8. The van der Waals surface area contributed by atoms with E-state index in [2.05, 4.69) is 4.98 Å². The average molecular weight is 369 g/mol. The van der Waals surface area contributed by atoms with E-state index < -0.39 is 6.09 Å². The molecule has 3 rings (SSSR count). The largest absolute Gasteiger partial charge is 0.495 e. The van der Waals surface area contributed by atoms with Crippen molar-refractivity contribution in [3.05, 3.63) is 72.0 Å². The number of carbonyl (C=O) groups excluding carboxylic acids is 1. The van der Waals surface area contributed by atoms with Gasteiger partial charge in [-0.25, -0.2) is 4.79 Å². The molecule has 0 fully saturated rings. The zero-order chi connectivity index (χ0) is 18.5. The van der Waals surface area contributed by atoms with Crippen LogP contribution in [-0.4, -0.2) is 25.2 Å². The number of methoxy groups -OCH3 is 1. The van der Waals surface area contributed by atoms with Gasteiger partial charge in [0.2, 0.25) is 0 Å². The second-order valence-electron chi connectivity index (χ2n) is 5.51. The van der Waals surface area contributed by atoms with Crippen LogP contribution in [0.2, 0.25) is 5.02 Å². The SMILES string of the molecule is COc1ccc(Cl)cc1N(C)C(=O)Oc1cccc(-c2cccnc2)c1. The Morgan fingerprint density at radius 2 is 1.88 bits per heavy atom. The fourth-order valence-corrected chi connectivity index (χ4v) is 2.63. The molecule has 1 heterocycles. The Morgan fingerprint density at radius 1 is 1.08 bits per heavy atom. The van der Waals surface area contributed by atoms with Crippen LogP contribution in [0.1, 0.15) is 0 Å². The lowest BCUT2D eigenvalue weighted by Crippen LogP contribution is -2.29. The molecule has 0 N–H and O–H groups in total. The van der Waals surface area contributed by atoms with Gasteiger partial charge in [0.25, 0.3) is 0 Å². The lowest BCUT2D eigenvalue weighted by Gasteiger charge is -2.19. The molecule has 5 nitrogen and oxygen atoms in total. The van der Waals surface area contributed by atoms with Crippen molar-refractivity contribution in [1.82, 2.24) is 4.98 Å². The Labute approximate surface area is 156 Å². The number of halogens is 1. The van der Waals surface area contributed by atoms with E-state index in [1.807, 2.05) is 24.3 Å². The Hall–Kier alpha value is -3.05. The topological polar surface area (TPSA) is 51.7 Å². The summed E-state index contributed by atoms with van der Waals surface area (Å²) in [6.45, 7) is 0. The summed E-state index contributed by atoms with van der Waals surface area (Å²) in [6, 6.07) is 16.1. The van der Waals surface area contributed by atoms with Crippen LogP contribution >= 0.6 is 11.6 Å². The minimum Gasteiger partial charge on any atom is -0.495 e. The van der Waals surface area contributed by atoms with Gasteiger partial charge in [0.1, 0.15) is 11.5 Å². The predicted octanol–water partition coefficient (Wildman–Crippen LogP) is 5.05. The molecule has 26 heavy (non-hydrogen) atoms. The molecule has 3 aromatic rings. The maximum absolute atomic E-state index is 12.5. The maximum atomic E-state index is 12.5. The van der Waals surface area contributed by atoms with Crippen molar-refractivity contribution in [2.45, 2.75) is 0 Å². The molecular formula is C20H17ClN2O3. The summed E-state index contributed by atoms with van der Waals surface area (Å²) >= 11 is 6.03. The van der Waals surface area contributed by atoms with Gasteiger partial charge in [-0.15, -0.1) is 0 Å². The highest BCUT2D eigenvalue weighted by atomic mass is 35.5. The maximum Gasteiger partial charge on any atom is 0.419 e. The number of rotatable bonds is 4. The molecular weight excluding hydrogens is 352 g/mol. The van der Waals surface area contributed by atoms with Crippen LogP contribution in [0.3, 0.4) is 0 Å². The molecule has 0 aliphatic carbocycles. The molecule has 2 aromatic carbocycles. The fraction of sp³-hybridized carbons (Fsp3) is 0.100. The molecule has 0 atom stereocenters. The van der Waals surface area contributed by atoms with E-state index in [0.717, 1.165) is 11.1 Å². The van der Waals surface area contributed by atoms with Crippen LogP contribution in [0.15, 0.2) is 67.0 Å². The molecule has 6 heteroatoms. The third kappa shape index (κ3) is 3.95. The van der Waals surface area contributed by atoms with Crippen LogP contribution in [0.25, 0.3) is 11.1 Å². The summed E-state index contributed by atoms with van der Waals surface area (Å²) in [7, 11) is 3.13. The third-order valence-electron chi connectivity index (χ3n) is 3.81. The first-order valence-corrected chi connectivity index (χ1v) is 8.26. The molecule has 0 aliphatic rings. The zero-order valence-corrected chi connectivity index (χ0v) is 15.1. The van der Waals surface area contributed by atoms with Crippen molar-refractivity contribution in [2.24, 2.45) is 0 Å². The summed E-state index contributed by atoms with van der Waals surface area (Å²) in [5, 5.41) is 0.499. The van der Waals surface area contributed by atoms with Gasteiger partial charge in [0.15, 0.2) is 0 Å². The van der Waals surface area contributed by atoms with E-state index in [0.29, 0.717) is 22.2 Å². The molecule has 0 aliphatic heterocycles. The first-order chi connectivity index (χ1) is 12.6. The van der Waals surface area contributed by atoms with Crippen molar-refractivity contribution in [3.8, 4) is 22.6 Å². The lowest BCUT2D eigenvalue weighted by molar-refractivity contribution is 0.209. The Balaban J connectivity index is 1.81. The number of nitrogens with zero attached hydrogens (tertiary/aromatic N) is 2. The van der Waals surface area contributed by atoms with Crippen molar-refractivity contribution >= 4 is 23.4 Å². The number of benzene rings is 2. The standard InChI is InChI=1S/C20H17ClN2O3/c1-23(18-12-16(21)8-9-19(18)25-2)20(24)26-17-7-3-5-14(11-17)15-6-4-10-22-13-15/h3-13H,1-2H3. The highest BCUT2D eigenvalue weighted by Crippen LogP contribution is 2.31. The van der Waals surface area contributed by atoms with Crippen molar-refractivity contribution in [3.63, 3.8) is 0 Å². The average Bonchev–Trinajstić information content (AvgIpc) is 2.68. The molecule has 0 unspecified atom stereocenters. The van der Waals surface area contributed by atoms with Gasteiger partial charge in [-0.1, -0.05) is 29.8 Å². The predicted molar refractivity (Wildman–Crippen MR) is 102 cm³/mol. The molecule has 0 spiro atoms. The van der Waals surface area contributed by atoms with E-state index in [-0.39, 0.29) is 0 Å². The van der Waals surface area contributed by atoms with Gasteiger partial charge in [-0.3, -0.25) is 9.88 Å². The number of amides is 1. The normalized spacial score (nSPS) is 10.3. The molecule has 0 saturated heterocycles. The molecule has 0 bridgehead atoms. The first-order valence-electron chi connectivity index (χ1n) is 7.88. The van der Waals surface area contributed by atoms with E-state index in [9.17, 15) is 4.79 Å².